The van der Waals surface area contributed by atoms with E-state index in [1.54, 1.807) is 13.8 Å². The van der Waals surface area contributed by atoms with E-state index in [1.165, 1.54) is 4.90 Å². The highest BCUT2D eigenvalue weighted by Crippen LogP contribution is 2.43. The second kappa shape index (κ2) is 5.80. The van der Waals surface area contributed by atoms with Crippen LogP contribution < -0.4 is 0 Å². The summed E-state index contributed by atoms with van der Waals surface area (Å²) in [6.07, 6.45) is -1.37. The van der Waals surface area contributed by atoms with E-state index in [0.29, 0.717) is 0 Å². The van der Waals surface area contributed by atoms with Gasteiger partial charge in [-0.1, -0.05) is 30.3 Å². The number of carbonyl (C=O) groups is 1. The molecular formula is C18H27NO4. The molecule has 5 nitrogen and oxygen atoms in total. The number of aliphatic hydroxyl groups excluding tert-OH is 1. The number of ether oxygens (including phenoxy) is 2. The number of amides is 1. The number of rotatable bonds is 2. The molecule has 0 bridgehead atoms. The molecule has 23 heavy (non-hydrogen) atoms. The first-order chi connectivity index (χ1) is 10.5. The van der Waals surface area contributed by atoms with Crippen molar-refractivity contribution < 1.29 is 19.4 Å². The Kier molecular flexibility index (Phi) is 4.48. The molecule has 0 aliphatic carbocycles. The zero-order valence-corrected chi connectivity index (χ0v) is 14.8. The van der Waals surface area contributed by atoms with E-state index in [4.69, 9.17) is 9.47 Å². The average molecular weight is 321 g/mol. The summed E-state index contributed by atoms with van der Waals surface area (Å²) in [5.74, 6) is 0. The van der Waals surface area contributed by atoms with Gasteiger partial charge in [0.15, 0.2) is 0 Å². The predicted molar refractivity (Wildman–Crippen MR) is 87.9 cm³/mol. The summed E-state index contributed by atoms with van der Waals surface area (Å²) in [4.78, 5) is 14.3. The van der Waals surface area contributed by atoms with Gasteiger partial charge in [0, 0.05) is 0 Å². The molecule has 1 N–H and O–H groups in total. The van der Waals surface area contributed by atoms with Crippen LogP contribution in [0, 0.1) is 0 Å². The van der Waals surface area contributed by atoms with E-state index >= 15 is 0 Å². The maximum Gasteiger partial charge on any atom is 0.413 e. The SMILES string of the molecule is CC(C)(C)OC(=O)N1C(C)(C)OC[C@@]1(C)[C@H](O)c1ccccc1. The van der Waals surface area contributed by atoms with Gasteiger partial charge in [0.25, 0.3) is 0 Å². The van der Waals surface area contributed by atoms with Crippen molar-refractivity contribution in [3.8, 4) is 0 Å². The standard InChI is InChI=1S/C18H27NO4/c1-16(2,3)23-15(21)19-17(4,5)22-12-18(19,6)14(20)13-10-8-7-9-11-13/h7-11,14,20H,12H2,1-6H3/t14-,18+/m1/s1. The molecule has 1 amide bonds. The first-order valence-electron chi connectivity index (χ1n) is 7.88. The number of hydrogen-bond acceptors (Lipinski definition) is 4. The largest absolute Gasteiger partial charge is 0.444 e. The molecule has 2 rings (SSSR count). The van der Waals surface area contributed by atoms with E-state index in [0.717, 1.165) is 5.56 Å². The third-order valence-corrected chi connectivity index (χ3v) is 4.05. The van der Waals surface area contributed by atoms with Crippen LogP contribution in [0.4, 0.5) is 4.79 Å². The third kappa shape index (κ3) is 3.51. The van der Waals surface area contributed by atoms with Crippen LogP contribution in [0.25, 0.3) is 0 Å². The molecule has 1 fully saturated rings. The summed E-state index contributed by atoms with van der Waals surface area (Å²) in [7, 11) is 0. The molecule has 1 aromatic rings. The molecule has 1 aliphatic heterocycles. The fourth-order valence-electron chi connectivity index (χ4n) is 3.00. The summed E-state index contributed by atoms with van der Waals surface area (Å²) < 4.78 is 11.3. The van der Waals surface area contributed by atoms with Gasteiger partial charge < -0.3 is 14.6 Å². The minimum Gasteiger partial charge on any atom is -0.444 e. The number of nitrogens with zero attached hydrogens (tertiary/aromatic N) is 1. The molecular weight excluding hydrogens is 294 g/mol. The molecule has 5 heteroatoms. The quantitative estimate of drug-likeness (QED) is 0.906. The Balaban J connectivity index is 2.37. The van der Waals surface area contributed by atoms with E-state index < -0.39 is 29.1 Å². The summed E-state index contributed by atoms with van der Waals surface area (Å²) in [5, 5.41) is 10.9. The van der Waals surface area contributed by atoms with Crippen LogP contribution in [0.15, 0.2) is 30.3 Å². The van der Waals surface area contributed by atoms with E-state index in [1.807, 2.05) is 58.0 Å². The smallest absolute Gasteiger partial charge is 0.413 e. The first kappa shape index (κ1) is 17.8. The monoisotopic (exact) mass is 321 g/mol. The van der Waals surface area contributed by atoms with Gasteiger partial charge in [-0.3, -0.25) is 4.90 Å². The lowest BCUT2D eigenvalue weighted by molar-refractivity contribution is -0.0804. The summed E-state index contributed by atoms with van der Waals surface area (Å²) in [5.41, 5.74) is -1.64. The van der Waals surface area contributed by atoms with Crippen molar-refractivity contribution in [3.05, 3.63) is 35.9 Å². The lowest BCUT2D eigenvalue weighted by atomic mass is 9.88. The highest BCUT2D eigenvalue weighted by Gasteiger charge is 2.56. The Morgan fingerprint density at radius 2 is 1.83 bits per heavy atom. The summed E-state index contributed by atoms with van der Waals surface area (Å²) in [6, 6.07) is 9.30. The van der Waals surface area contributed by atoms with Crippen molar-refractivity contribution in [2.24, 2.45) is 0 Å². The highest BCUT2D eigenvalue weighted by atomic mass is 16.6. The second-order valence-electron chi connectivity index (χ2n) is 7.72. The predicted octanol–water partition coefficient (Wildman–Crippen LogP) is 3.48. The molecule has 0 unspecified atom stereocenters. The van der Waals surface area contributed by atoms with Crippen LogP contribution in [-0.2, 0) is 9.47 Å². The molecule has 0 spiro atoms. The van der Waals surface area contributed by atoms with Crippen molar-refractivity contribution in [1.82, 2.24) is 4.90 Å². The molecule has 1 heterocycles. The number of hydrogen-bond donors (Lipinski definition) is 1. The molecule has 0 aromatic heterocycles. The van der Waals surface area contributed by atoms with Gasteiger partial charge in [-0.25, -0.2) is 4.79 Å². The van der Waals surface area contributed by atoms with Gasteiger partial charge in [0.2, 0.25) is 0 Å². The Bertz CT molecular complexity index is 564. The van der Waals surface area contributed by atoms with Gasteiger partial charge in [-0.05, 0) is 47.1 Å². The Morgan fingerprint density at radius 1 is 1.26 bits per heavy atom. The molecule has 1 saturated heterocycles. The van der Waals surface area contributed by atoms with Crippen LogP contribution >= 0.6 is 0 Å². The second-order valence-corrected chi connectivity index (χ2v) is 7.72. The van der Waals surface area contributed by atoms with Crippen molar-refractivity contribution in [3.63, 3.8) is 0 Å². The topological polar surface area (TPSA) is 59.0 Å². The summed E-state index contributed by atoms with van der Waals surface area (Å²) in [6.45, 7) is 11.1. The summed E-state index contributed by atoms with van der Waals surface area (Å²) >= 11 is 0. The third-order valence-electron chi connectivity index (χ3n) is 4.05. The van der Waals surface area contributed by atoms with Crippen molar-refractivity contribution in [1.29, 1.82) is 0 Å². The van der Waals surface area contributed by atoms with Crippen LogP contribution in [0.5, 0.6) is 0 Å². The van der Waals surface area contributed by atoms with Crippen molar-refractivity contribution >= 4 is 6.09 Å². The lowest BCUT2D eigenvalue weighted by Crippen LogP contribution is -2.58. The Hall–Kier alpha value is -1.59. The van der Waals surface area contributed by atoms with E-state index in [9.17, 15) is 9.90 Å². The van der Waals surface area contributed by atoms with Crippen LogP contribution in [0.1, 0.15) is 53.2 Å². The van der Waals surface area contributed by atoms with Gasteiger partial charge in [0.05, 0.1) is 12.1 Å². The molecule has 2 atom stereocenters. The molecule has 128 valence electrons. The maximum atomic E-state index is 12.7. The van der Waals surface area contributed by atoms with Crippen LogP contribution in [0.3, 0.4) is 0 Å². The zero-order valence-electron chi connectivity index (χ0n) is 14.8. The molecule has 1 aliphatic rings. The normalized spacial score (nSPS) is 25.3. The van der Waals surface area contributed by atoms with Gasteiger partial charge in [-0.15, -0.1) is 0 Å². The lowest BCUT2D eigenvalue weighted by Gasteiger charge is -2.42. The fraction of sp³-hybridized carbons (Fsp3) is 0.611. The Labute approximate surface area is 138 Å². The first-order valence-corrected chi connectivity index (χ1v) is 7.88. The van der Waals surface area contributed by atoms with Gasteiger partial charge >= 0.3 is 6.09 Å². The highest BCUT2D eigenvalue weighted by molar-refractivity contribution is 5.70. The fourth-order valence-corrected chi connectivity index (χ4v) is 3.00. The van der Waals surface area contributed by atoms with E-state index in [-0.39, 0.29) is 6.61 Å². The molecule has 0 saturated carbocycles. The minimum atomic E-state index is -0.910. The van der Waals surface area contributed by atoms with Crippen LogP contribution in [-0.4, -0.2) is 39.6 Å². The minimum absolute atomic E-state index is 0.231. The number of aliphatic hydroxyl groups is 1. The zero-order chi connectivity index (χ0) is 17.5. The van der Waals surface area contributed by atoms with Crippen LogP contribution in [0.2, 0.25) is 0 Å². The van der Waals surface area contributed by atoms with Crippen molar-refractivity contribution in [2.75, 3.05) is 6.61 Å². The average Bonchev–Trinajstić information content (AvgIpc) is 2.68. The van der Waals surface area contributed by atoms with E-state index in [2.05, 4.69) is 0 Å². The van der Waals surface area contributed by atoms with Gasteiger partial charge in [-0.2, -0.15) is 0 Å². The Morgan fingerprint density at radius 3 is 2.35 bits per heavy atom. The number of benzene rings is 1. The maximum absolute atomic E-state index is 12.7. The molecule has 0 radical (unpaired) electrons. The molecule has 1 aromatic carbocycles. The van der Waals surface area contributed by atoms with Gasteiger partial charge in [0.1, 0.15) is 17.4 Å². The number of carbonyl (C=O) groups excluding carboxylic acids is 1. The van der Waals surface area contributed by atoms with Crippen molar-refractivity contribution in [2.45, 2.75) is 64.5 Å².